The van der Waals surface area contributed by atoms with E-state index in [1.165, 1.54) is 11.6 Å². The molecule has 3 nitrogen and oxygen atoms in total. The van der Waals surface area contributed by atoms with Crippen molar-refractivity contribution in [2.24, 2.45) is 11.3 Å². The first-order valence-electron chi connectivity index (χ1n) is 10.5. The highest BCUT2D eigenvalue weighted by atomic mass is 35.5. The summed E-state index contributed by atoms with van der Waals surface area (Å²) in [6.07, 6.45) is 5.67. The van der Waals surface area contributed by atoms with Crippen molar-refractivity contribution in [1.29, 1.82) is 0 Å². The lowest BCUT2D eigenvalue weighted by Gasteiger charge is -2.41. The van der Waals surface area contributed by atoms with Gasteiger partial charge >= 0.3 is 0 Å². The average molecular weight is 425 g/mol. The maximum Gasteiger partial charge on any atom is 0.227 e. The SMILES string of the molecule is CC(C(=O)Nc1ccc(Cl)cc1)C1(C)CCC(c2ccnc3ccc(F)cc23)CC1. The molecule has 1 N–H and O–H groups in total. The number of halogens is 2. The number of fused-ring (bicyclic) bond motifs is 1. The van der Waals surface area contributed by atoms with Gasteiger partial charge in [-0.2, -0.15) is 0 Å². The Hall–Kier alpha value is -2.46. The van der Waals surface area contributed by atoms with Crippen LogP contribution in [0, 0.1) is 17.2 Å². The zero-order chi connectivity index (χ0) is 21.3. The van der Waals surface area contributed by atoms with Gasteiger partial charge < -0.3 is 5.32 Å². The van der Waals surface area contributed by atoms with E-state index in [2.05, 4.69) is 17.2 Å². The third kappa shape index (κ3) is 4.20. The highest BCUT2D eigenvalue weighted by molar-refractivity contribution is 6.30. The fourth-order valence-corrected chi connectivity index (χ4v) is 4.74. The van der Waals surface area contributed by atoms with Crippen LogP contribution >= 0.6 is 11.6 Å². The molecule has 3 aromatic rings. The van der Waals surface area contributed by atoms with E-state index >= 15 is 0 Å². The van der Waals surface area contributed by atoms with Gasteiger partial charge in [0.15, 0.2) is 0 Å². The number of nitrogens with one attached hydrogen (secondary N) is 1. The Balaban J connectivity index is 1.46. The Morgan fingerprint density at radius 1 is 1.17 bits per heavy atom. The number of hydrogen-bond acceptors (Lipinski definition) is 2. The molecule has 0 bridgehead atoms. The maximum atomic E-state index is 13.8. The predicted octanol–water partition coefficient (Wildman–Crippen LogP) is 6.97. The number of pyridine rings is 1. The molecule has 30 heavy (non-hydrogen) atoms. The third-order valence-electron chi connectivity index (χ3n) is 6.86. The van der Waals surface area contributed by atoms with Crippen molar-refractivity contribution in [2.45, 2.75) is 45.4 Å². The number of carbonyl (C=O) groups excluding carboxylic acids is 1. The van der Waals surface area contributed by atoms with E-state index < -0.39 is 0 Å². The Morgan fingerprint density at radius 2 is 1.87 bits per heavy atom. The van der Waals surface area contributed by atoms with Gasteiger partial charge in [0.1, 0.15) is 5.82 Å². The summed E-state index contributed by atoms with van der Waals surface area (Å²) >= 11 is 5.93. The van der Waals surface area contributed by atoms with Crippen LogP contribution in [-0.2, 0) is 4.79 Å². The summed E-state index contributed by atoms with van der Waals surface area (Å²) in [5.74, 6) is 0.0530. The second-order valence-electron chi connectivity index (χ2n) is 8.71. The molecule has 1 heterocycles. The topological polar surface area (TPSA) is 42.0 Å². The van der Waals surface area contributed by atoms with Crippen LogP contribution in [0.4, 0.5) is 10.1 Å². The summed E-state index contributed by atoms with van der Waals surface area (Å²) in [5.41, 5.74) is 2.69. The summed E-state index contributed by atoms with van der Waals surface area (Å²) in [6.45, 7) is 4.22. The zero-order valence-electron chi connectivity index (χ0n) is 17.3. The number of benzene rings is 2. The van der Waals surface area contributed by atoms with E-state index in [1.54, 1.807) is 24.3 Å². The molecule has 1 unspecified atom stereocenters. The minimum atomic E-state index is -0.232. The molecule has 1 atom stereocenters. The van der Waals surface area contributed by atoms with Crippen molar-refractivity contribution >= 4 is 34.1 Å². The molecular weight excluding hydrogens is 399 g/mol. The molecule has 0 spiro atoms. The fraction of sp³-hybridized carbons (Fsp3) is 0.360. The number of nitrogens with zero attached hydrogens (tertiary/aromatic N) is 1. The number of anilines is 1. The summed E-state index contributed by atoms with van der Waals surface area (Å²) in [5, 5.41) is 4.57. The average Bonchev–Trinajstić information content (AvgIpc) is 2.75. The van der Waals surface area contributed by atoms with Crippen molar-refractivity contribution in [1.82, 2.24) is 4.98 Å². The highest BCUT2D eigenvalue weighted by Gasteiger charge is 2.39. The molecule has 1 amide bonds. The fourth-order valence-electron chi connectivity index (χ4n) is 4.62. The smallest absolute Gasteiger partial charge is 0.227 e. The maximum absolute atomic E-state index is 13.8. The van der Waals surface area contributed by atoms with Crippen LogP contribution in [0.1, 0.15) is 51.0 Å². The van der Waals surface area contributed by atoms with Crippen LogP contribution in [0.2, 0.25) is 5.02 Å². The highest BCUT2D eigenvalue weighted by Crippen LogP contribution is 2.48. The van der Waals surface area contributed by atoms with Gasteiger partial charge in [-0.3, -0.25) is 9.78 Å². The van der Waals surface area contributed by atoms with Crippen molar-refractivity contribution in [3.8, 4) is 0 Å². The van der Waals surface area contributed by atoms with Gasteiger partial charge in [0.05, 0.1) is 5.52 Å². The van der Waals surface area contributed by atoms with Crippen LogP contribution in [0.15, 0.2) is 54.7 Å². The van der Waals surface area contributed by atoms with Gasteiger partial charge in [-0.15, -0.1) is 0 Å². The number of carbonyl (C=O) groups is 1. The Morgan fingerprint density at radius 3 is 2.57 bits per heavy atom. The van der Waals surface area contributed by atoms with Crippen molar-refractivity contribution in [3.05, 3.63) is 71.1 Å². The lowest BCUT2D eigenvalue weighted by atomic mass is 9.64. The number of amides is 1. The lowest BCUT2D eigenvalue weighted by Crippen LogP contribution is -2.37. The number of rotatable bonds is 4. The molecule has 4 rings (SSSR count). The summed E-state index contributed by atoms with van der Waals surface area (Å²) in [7, 11) is 0. The minimum Gasteiger partial charge on any atom is -0.326 e. The van der Waals surface area contributed by atoms with Crippen LogP contribution in [-0.4, -0.2) is 10.9 Å². The van der Waals surface area contributed by atoms with Gasteiger partial charge in [0.25, 0.3) is 0 Å². The molecule has 1 aliphatic carbocycles. The Bertz CT molecular complexity index is 1060. The number of aromatic nitrogens is 1. The predicted molar refractivity (Wildman–Crippen MR) is 120 cm³/mol. The molecule has 0 aliphatic heterocycles. The molecule has 1 aromatic heterocycles. The first-order chi connectivity index (χ1) is 14.4. The normalized spacial score (nSPS) is 22.6. The van der Waals surface area contributed by atoms with Crippen molar-refractivity contribution in [2.75, 3.05) is 5.32 Å². The molecule has 5 heteroatoms. The first-order valence-corrected chi connectivity index (χ1v) is 10.8. The van der Waals surface area contributed by atoms with E-state index in [1.807, 2.05) is 31.3 Å². The van der Waals surface area contributed by atoms with E-state index in [0.717, 1.165) is 42.3 Å². The van der Waals surface area contributed by atoms with Gasteiger partial charge in [0.2, 0.25) is 5.91 Å². The molecule has 1 aliphatic rings. The Kier molecular flexibility index (Phi) is 5.79. The van der Waals surface area contributed by atoms with Crippen molar-refractivity contribution < 1.29 is 9.18 Å². The first kappa shape index (κ1) is 20.8. The Labute approximate surface area is 181 Å². The largest absolute Gasteiger partial charge is 0.326 e. The molecular formula is C25H26ClFN2O. The lowest BCUT2D eigenvalue weighted by molar-refractivity contribution is -0.123. The van der Waals surface area contributed by atoms with Gasteiger partial charge in [-0.1, -0.05) is 25.4 Å². The van der Waals surface area contributed by atoms with E-state index in [4.69, 9.17) is 11.6 Å². The standard InChI is InChI=1S/C25H26ClFN2O/c1-16(24(30)29-20-6-3-18(26)4-7-20)25(2)12-9-17(10-13-25)21-11-14-28-23-8-5-19(27)15-22(21)23/h3-8,11,14-17H,9-10,12-13H2,1-2H3,(H,29,30). The molecule has 1 fully saturated rings. The van der Waals surface area contributed by atoms with E-state index in [-0.39, 0.29) is 23.1 Å². The minimum absolute atomic E-state index is 0.0368. The second-order valence-corrected chi connectivity index (χ2v) is 9.14. The van der Waals surface area contributed by atoms with Gasteiger partial charge in [-0.25, -0.2) is 4.39 Å². The summed E-state index contributed by atoms with van der Waals surface area (Å²) in [4.78, 5) is 17.2. The second kappa shape index (κ2) is 8.35. The molecule has 0 saturated heterocycles. The van der Waals surface area contributed by atoms with Crippen LogP contribution in [0.25, 0.3) is 10.9 Å². The third-order valence-corrected chi connectivity index (χ3v) is 7.11. The van der Waals surface area contributed by atoms with Gasteiger partial charge in [0, 0.05) is 28.2 Å². The molecule has 1 saturated carbocycles. The van der Waals surface area contributed by atoms with Gasteiger partial charge in [-0.05, 0) is 91.1 Å². The number of hydrogen-bond donors (Lipinski definition) is 1. The van der Waals surface area contributed by atoms with Crippen molar-refractivity contribution in [3.63, 3.8) is 0 Å². The van der Waals surface area contributed by atoms with E-state index in [9.17, 15) is 9.18 Å². The summed E-state index contributed by atoms with van der Waals surface area (Å²) in [6, 6.07) is 14.0. The van der Waals surface area contributed by atoms with Crippen LogP contribution in [0.3, 0.4) is 0 Å². The molecule has 156 valence electrons. The van der Waals surface area contributed by atoms with Crippen LogP contribution in [0.5, 0.6) is 0 Å². The molecule has 0 radical (unpaired) electrons. The zero-order valence-corrected chi connectivity index (χ0v) is 18.0. The van der Waals surface area contributed by atoms with Crippen LogP contribution < -0.4 is 5.32 Å². The molecule has 2 aromatic carbocycles. The summed E-state index contributed by atoms with van der Waals surface area (Å²) < 4.78 is 13.8. The van der Waals surface area contributed by atoms with E-state index in [0.29, 0.717) is 10.9 Å². The monoisotopic (exact) mass is 424 g/mol. The quantitative estimate of drug-likeness (QED) is 0.491.